The molecular formula is C13H20N2O3. The Kier molecular flexibility index (Phi) is 6.18. The second-order valence-electron chi connectivity index (χ2n) is 3.97. The molecule has 0 saturated heterocycles. The Morgan fingerprint density at radius 2 is 2.00 bits per heavy atom. The fourth-order valence-electron chi connectivity index (χ4n) is 1.48. The zero-order valence-electron chi connectivity index (χ0n) is 10.6. The predicted octanol–water partition coefficient (Wildman–Crippen LogP) is 0.457. The molecule has 1 aromatic carbocycles. The summed E-state index contributed by atoms with van der Waals surface area (Å²) in [5, 5.41) is 0. The number of ether oxygens (including phenoxy) is 2. The van der Waals surface area contributed by atoms with Crippen LogP contribution in [0, 0.1) is 0 Å². The van der Waals surface area contributed by atoms with Crippen molar-refractivity contribution in [3.8, 4) is 5.75 Å². The SMILES string of the molecule is COC(=O)C(N)Cc1ccc(OCCCN)cc1. The lowest BCUT2D eigenvalue weighted by Crippen LogP contribution is -2.33. The van der Waals surface area contributed by atoms with Crippen LogP contribution in [0.3, 0.4) is 0 Å². The summed E-state index contributed by atoms with van der Waals surface area (Å²) in [5.41, 5.74) is 12.0. The van der Waals surface area contributed by atoms with Crippen molar-refractivity contribution < 1.29 is 14.3 Å². The molecule has 0 spiro atoms. The summed E-state index contributed by atoms with van der Waals surface area (Å²) in [6.45, 7) is 1.23. The number of rotatable bonds is 7. The maximum absolute atomic E-state index is 11.2. The summed E-state index contributed by atoms with van der Waals surface area (Å²) in [7, 11) is 1.33. The number of methoxy groups -OCH3 is 1. The zero-order chi connectivity index (χ0) is 13.4. The summed E-state index contributed by atoms with van der Waals surface area (Å²) in [4.78, 5) is 11.2. The molecule has 0 saturated carbocycles. The molecule has 1 aromatic rings. The first-order valence-corrected chi connectivity index (χ1v) is 5.92. The fraction of sp³-hybridized carbons (Fsp3) is 0.462. The number of hydrogen-bond donors (Lipinski definition) is 2. The predicted molar refractivity (Wildman–Crippen MR) is 69.3 cm³/mol. The van der Waals surface area contributed by atoms with Crippen LogP contribution in [0.1, 0.15) is 12.0 Å². The lowest BCUT2D eigenvalue weighted by Gasteiger charge is -2.10. The van der Waals surface area contributed by atoms with Gasteiger partial charge in [-0.3, -0.25) is 4.79 Å². The highest BCUT2D eigenvalue weighted by molar-refractivity contribution is 5.75. The molecule has 5 heteroatoms. The van der Waals surface area contributed by atoms with Gasteiger partial charge < -0.3 is 20.9 Å². The summed E-state index contributed by atoms with van der Waals surface area (Å²) in [6.07, 6.45) is 1.28. The smallest absolute Gasteiger partial charge is 0.322 e. The first-order chi connectivity index (χ1) is 8.67. The lowest BCUT2D eigenvalue weighted by atomic mass is 10.1. The standard InChI is InChI=1S/C13H20N2O3/c1-17-13(16)12(15)9-10-3-5-11(6-4-10)18-8-2-7-14/h3-6,12H,2,7-9,14-15H2,1H3. The molecule has 0 radical (unpaired) electrons. The molecular weight excluding hydrogens is 232 g/mol. The van der Waals surface area contributed by atoms with Gasteiger partial charge >= 0.3 is 5.97 Å². The summed E-state index contributed by atoms with van der Waals surface area (Å²) in [5.74, 6) is 0.386. The van der Waals surface area contributed by atoms with Crippen LogP contribution in [0.4, 0.5) is 0 Å². The fourth-order valence-corrected chi connectivity index (χ4v) is 1.48. The lowest BCUT2D eigenvalue weighted by molar-refractivity contribution is -0.142. The van der Waals surface area contributed by atoms with Gasteiger partial charge in [-0.1, -0.05) is 12.1 Å². The molecule has 100 valence electrons. The Morgan fingerprint density at radius 1 is 1.33 bits per heavy atom. The summed E-state index contributed by atoms with van der Waals surface area (Å²) >= 11 is 0. The highest BCUT2D eigenvalue weighted by Gasteiger charge is 2.13. The van der Waals surface area contributed by atoms with Gasteiger partial charge in [-0.15, -0.1) is 0 Å². The largest absolute Gasteiger partial charge is 0.494 e. The minimum atomic E-state index is -0.626. The van der Waals surface area contributed by atoms with Gasteiger partial charge in [0.1, 0.15) is 11.8 Å². The number of esters is 1. The summed E-state index contributed by atoms with van der Waals surface area (Å²) < 4.78 is 10.0. The van der Waals surface area contributed by atoms with Crippen molar-refractivity contribution >= 4 is 5.97 Å². The summed E-state index contributed by atoms with van der Waals surface area (Å²) in [6, 6.07) is 6.87. The molecule has 0 aliphatic carbocycles. The van der Waals surface area contributed by atoms with Crippen LogP contribution >= 0.6 is 0 Å². The monoisotopic (exact) mass is 252 g/mol. The number of hydrogen-bond acceptors (Lipinski definition) is 5. The van der Waals surface area contributed by atoms with E-state index in [1.165, 1.54) is 7.11 Å². The Balaban J connectivity index is 2.47. The first kappa shape index (κ1) is 14.5. The highest BCUT2D eigenvalue weighted by Crippen LogP contribution is 2.13. The van der Waals surface area contributed by atoms with Crippen molar-refractivity contribution in [2.75, 3.05) is 20.3 Å². The van der Waals surface area contributed by atoms with E-state index in [4.69, 9.17) is 16.2 Å². The first-order valence-electron chi connectivity index (χ1n) is 5.92. The van der Waals surface area contributed by atoms with Crippen molar-refractivity contribution in [3.05, 3.63) is 29.8 Å². The van der Waals surface area contributed by atoms with Crippen molar-refractivity contribution in [2.24, 2.45) is 11.5 Å². The van der Waals surface area contributed by atoms with Gasteiger partial charge in [0.05, 0.1) is 13.7 Å². The average molecular weight is 252 g/mol. The normalized spacial score (nSPS) is 11.9. The number of nitrogens with two attached hydrogens (primary N) is 2. The third-order valence-electron chi connectivity index (χ3n) is 2.50. The van der Waals surface area contributed by atoms with Gasteiger partial charge in [0.2, 0.25) is 0 Å². The molecule has 1 rings (SSSR count). The molecule has 0 heterocycles. The van der Waals surface area contributed by atoms with E-state index in [0.29, 0.717) is 19.6 Å². The van der Waals surface area contributed by atoms with E-state index in [-0.39, 0.29) is 0 Å². The molecule has 18 heavy (non-hydrogen) atoms. The Labute approximate surface area is 107 Å². The quantitative estimate of drug-likeness (QED) is 0.543. The topological polar surface area (TPSA) is 87.6 Å². The molecule has 4 N–H and O–H groups in total. The highest BCUT2D eigenvalue weighted by atomic mass is 16.5. The Morgan fingerprint density at radius 3 is 2.56 bits per heavy atom. The van der Waals surface area contributed by atoms with E-state index in [1.807, 2.05) is 24.3 Å². The van der Waals surface area contributed by atoms with Crippen LogP contribution in [-0.2, 0) is 16.0 Å². The second-order valence-corrected chi connectivity index (χ2v) is 3.97. The Hall–Kier alpha value is -1.59. The van der Waals surface area contributed by atoms with Gasteiger partial charge in [-0.2, -0.15) is 0 Å². The van der Waals surface area contributed by atoms with Crippen molar-refractivity contribution in [2.45, 2.75) is 18.9 Å². The molecule has 1 atom stereocenters. The van der Waals surface area contributed by atoms with E-state index in [0.717, 1.165) is 17.7 Å². The van der Waals surface area contributed by atoms with E-state index >= 15 is 0 Å². The molecule has 5 nitrogen and oxygen atoms in total. The molecule has 1 unspecified atom stereocenters. The average Bonchev–Trinajstić information content (AvgIpc) is 2.40. The maximum Gasteiger partial charge on any atom is 0.322 e. The van der Waals surface area contributed by atoms with Crippen molar-refractivity contribution in [1.82, 2.24) is 0 Å². The van der Waals surface area contributed by atoms with Gasteiger partial charge in [-0.25, -0.2) is 0 Å². The molecule has 0 amide bonds. The van der Waals surface area contributed by atoms with Crippen LogP contribution in [0.15, 0.2) is 24.3 Å². The van der Waals surface area contributed by atoms with Crippen LogP contribution in [-0.4, -0.2) is 32.3 Å². The molecule has 0 aliphatic heterocycles. The van der Waals surface area contributed by atoms with Crippen LogP contribution < -0.4 is 16.2 Å². The van der Waals surface area contributed by atoms with Crippen molar-refractivity contribution in [1.29, 1.82) is 0 Å². The van der Waals surface area contributed by atoms with Gasteiger partial charge in [0.15, 0.2) is 0 Å². The third kappa shape index (κ3) is 4.73. The van der Waals surface area contributed by atoms with Gasteiger partial charge in [-0.05, 0) is 37.1 Å². The van der Waals surface area contributed by atoms with Gasteiger partial charge in [0, 0.05) is 0 Å². The van der Waals surface area contributed by atoms with Crippen LogP contribution in [0.2, 0.25) is 0 Å². The molecule has 0 aromatic heterocycles. The minimum Gasteiger partial charge on any atom is -0.494 e. The minimum absolute atomic E-state index is 0.404. The molecule has 0 fully saturated rings. The van der Waals surface area contributed by atoms with E-state index < -0.39 is 12.0 Å². The number of carbonyl (C=O) groups is 1. The second kappa shape index (κ2) is 7.68. The number of benzene rings is 1. The Bertz CT molecular complexity index is 365. The molecule has 0 aliphatic rings. The van der Waals surface area contributed by atoms with Crippen LogP contribution in [0.25, 0.3) is 0 Å². The van der Waals surface area contributed by atoms with Crippen LogP contribution in [0.5, 0.6) is 5.75 Å². The van der Waals surface area contributed by atoms with E-state index in [2.05, 4.69) is 4.74 Å². The number of carbonyl (C=O) groups excluding carboxylic acids is 1. The third-order valence-corrected chi connectivity index (χ3v) is 2.50. The molecule has 0 bridgehead atoms. The van der Waals surface area contributed by atoms with Crippen molar-refractivity contribution in [3.63, 3.8) is 0 Å². The zero-order valence-corrected chi connectivity index (χ0v) is 10.6. The van der Waals surface area contributed by atoms with E-state index in [1.54, 1.807) is 0 Å². The maximum atomic E-state index is 11.2. The van der Waals surface area contributed by atoms with E-state index in [9.17, 15) is 4.79 Å². The van der Waals surface area contributed by atoms with Gasteiger partial charge in [0.25, 0.3) is 0 Å².